The van der Waals surface area contributed by atoms with Crippen LogP contribution in [0.3, 0.4) is 0 Å². The van der Waals surface area contributed by atoms with E-state index < -0.39 is 11.6 Å². The molecule has 0 saturated carbocycles. The second kappa shape index (κ2) is 3.92. The van der Waals surface area contributed by atoms with Crippen molar-refractivity contribution >= 4 is 0 Å². The maximum absolute atomic E-state index is 13.7. The van der Waals surface area contributed by atoms with Gasteiger partial charge in [-0.2, -0.15) is 0 Å². The highest BCUT2D eigenvalue weighted by atomic mass is 19.2. The SMILES string of the molecule is Fc1cccc(-c2cnc3n2CCNC3)c1F. The number of fused-ring (bicyclic) bond motifs is 1. The highest BCUT2D eigenvalue weighted by Gasteiger charge is 2.18. The van der Waals surface area contributed by atoms with Crippen molar-refractivity contribution in [3.8, 4) is 11.3 Å². The quantitative estimate of drug-likeness (QED) is 0.818. The summed E-state index contributed by atoms with van der Waals surface area (Å²) in [5.74, 6) is -0.782. The molecule has 0 amide bonds. The second-order valence-electron chi connectivity index (χ2n) is 3.99. The molecule has 2 heterocycles. The van der Waals surface area contributed by atoms with Crippen LogP contribution < -0.4 is 5.32 Å². The van der Waals surface area contributed by atoms with E-state index in [0.29, 0.717) is 12.2 Å². The van der Waals surface area contributed by atoms with Gasteiger partial charge in [-0.05, 0) is 12.1 Å². The Morgan fingerprint density at radius 2 is 2.18 bits per heavy atom. The first kappa shape index (κ1) is 10.4. The molecule has 1 aromatic carbocycles. The van der Waals surface area contributed by atoms with Gasteiger partial charge in [-0.3, -0.25) is 0 Å². The van der Waals surface area contributed by atoms with E-state index in [1.54, 1.807) is 12.3 Å². The summed E-state index contributed by atoms with van der Waals surface area (Å²) in [4.78, 5) is 4.22. The summed E-state index contributed by atoms with van der Waals surface area (Å²) in [7, 11) is 0. The number of hydrogen-bond donors (Lipinski definition) is 1. The molecular weight excluding hydrogens is 224 g/mol. The molecule has 0 unspecified atom stereocenters. The molecule has 0 spiro atoms. The molecule has 1 aliphatic rings. The van der Waals surface area contributed by atoms with Crippen molar-refractivity contribution in [3.05, 3.63) is 41.9 Å². The molecule has 1 N–H and O–H groups in total. The number of hydrogen-bond acceptors (Lipinski definition) is 2. The predicted molar refractivity (Wildman–Crippen MR) is 59.3 cm³/mol. The highest BCUT2D eigenvalue weighted by molar-refractivity contribution is 5.60. The van der Waals surface area contributed by atoms with E-state index >= 15 is 0 Å². The minimum atomic E-state index is -0.827. The summed E-state index contributed by atoms with van der Waals surface area (Å²) in [5, 5.41) is 3.18. The first-order valence-electron chi connectivity index (χ1n) is 5.47. The van der Waals surface area contributed by atoms with Gasteiger partial charge < -0.3 is 9.88 Å². The van der Waals surface area contributed by atoms with Gasteiger partial charge in [-0.25, -0.2) is 13.8 Å². The van der Waals surface area contributed by atoms with Crippen molar-refractivity contribution in [2.75, 3.05) is 6.54 Å². The largest absolute Gasteiger partial charge is 0.326 e. The third kappa shape index (κ3) is 1.63. The van der Waals surface area contributed by atoms with Gasteiger partial charge in [-0.15, -0.1) is 0 Å². The Morgan fingerprint density at radius 1 is 1.29 bits per heavy atom. The number of nitrogens with zero attached hydrogens (tertiary/aromatic N) is 2. The van der Waals surface area contributed by atoms with Crippen molar-refractivity contribution in [1.82, 2.24) is 14.9 Å². The molecule has 0 aliphatic carbocycles. The molecule has 0 saturated heterocycles. The zero-order chi connectivity index (χ0) is 11.8. The van der Waals surface area contributed by atoms with E-state index in [0.717, 1.165) is 25.0 Å². The fourth-order valence-electron chi connectivity index (χ4n) is 2.11. The molecule has 0 atom stereocenters. The number of nitrogens with one attached hydrogen (secondary N) is 1. The number of aromatic nitrogens is 2. The van der Waals surface area contributed by atoms with Crippen molar-refractivity contribution in [1.29, 1.82) is 0 Å². The Kier molecular flexibility index (Phi) is 2.40. The molecular formula is C12H11F2N3. The maximum atomic E-state index is 13.7. The molecule has 17 heavy (non-hydrogen) atoms. The van der Waals surface area contributed by atoms with Crippen LogP contribution in [0.4, 0.5) is 8.78 Å². The lowest BCUT2D eigenvalue weighted by Crippen LogP contribution is -2.28. The van der Waals surface area contributed by atoms with Crippen LogP contribution >= 0.6 is 0 Å². The predicted octanol–water partition coefficient (Wildman–Crippen LogP) is 1.93. The lowest BCUT2D eigenvalue weighted by atomic mass is 10.1. The fraction of sp³-hybridized carbons (Fsp3) is 0.250. The normalized spacial score (nSPS) is 14.7. The maximum Gasteiger partial charge on any atom is 0.168 e. The third-order valence-electron chi connectivity index (χ3n) is 2.96. The summed E-state index contributed by atoms with van der Waals surface area (Å²) < 4.78 is 28.8. The molecule has 0 radical (unpaired) electrons. The Hall–Kier alpha value is -1.75. The first-order chi connectivity index (χ1) is 8.27. The smallest absolute Gasteiger partial charge is 0.168 e. The zero-order valence-corrected chi connectivity index (χ0v) is 9.08. The minimum absolute atomic E-state index is 0.269. The Bertz CT molecular complexity index is 563. The van der Waals surface area contributed by atoms with Crippen molar-refractivity contribution in [2.24, 2.45) is 0 Å². The summed E-state index contributed by atoms with van der Waals surface area (Å²) in [6, 6.07) is 4.20. The van der Waals surface area contributed by atoms with Crippen molar-refractivity contribution in [3.63, 3.8) is 0 Å². The van der Waals surface area contributed by atoms with Gasteiger partial charge in [0.1, 0.15) is 5.82 Å². The number of imidazole rings is 1. The molecule has 0 bridgehead atoms. The molecule has 3 nitrogen and oxygen atoms in total. The van der Waals surface area contributed by atoms with Gasteiger partial charge in [0.2, 0.25) is 0 Å². The number of rotatable bonds is 1. The topological polar surface area (TPSA) is 29.9 Å². The molecule has 1 aromatic heterocycles. The summed E-state index contributed by atoms with van der Waals surface area (Å²) >= 11 is 0. The molecule has 0 fully saturated rings. The first-order valence-corrected chi connectivity index (χ1v) is 5.47. The van der Waals surface area contributed by atoms with Gasteiger partial charge in [0, 0.05) is 18.7 Å². The van der Waals surface area contributed by atoms with E-state index in [9.17, 15) is 8.78 Å². The van der Waals surface area contributed by atoms with E-state index in [-0.39, 0.29) is 5.56 Å². The van der Waals surface area contributed by atoms with E-state index in [4.69, 9.17) is 0 Å². The average molecular weight is 235 g/mol. The molecule has 3 rings (SSSR count). The van der Waals surface area contributed by atoms with Crippen LogP contribution in [0.25, 0.3) is 11.3 Å². The van der Waals surface area contributed by atoms with Crippen LogP contribution in [0.5, 0.6) is 0 Å². The lowest BCUT2D eigenvalue weighted by Gasteiger charge is -2.17. The van der Waals surface area contributed by atoms with Crippen molar-refractivity contribution in [2.45, 2.75) is 13.1 Å². The van der Waals surface area contributed by atoms with Gasteiger partial charge in [-0.1, -0.05) is 6.07 Å². The molecule has 2 aromatic rings. The number of benzene rings is 1. The van der Waals surface area contributed by atoms with Gasteiger partial charge in [0.15, 0.2) is 11.6 Å². The van der Waals surface area contributed by atoms with Gasteiger partial charge >= 0.3 is 0 Å². The van der Waals surface area contributed by atoms with E-state index in [1.165, 1.54) is 6.07 Å². The zero-order valence-electron chi connectivity index (χ0n) is 9.08. The Labute approximate surface area is 97.1 Å². The lowest BCUT2D eigenvalue weighted by molar-refractivity contribution is 0.499. The van der Waals surface area contributed by atoms with Crippen molar-refractivity contribution < 1.29 is 8.78 Å². The Balaban J connectivity index is 2.15. The number of halogens is 2. The third-order valence-corrected chi connectivity index (χ3v) is 2.96. The monoisotopic (exact) mass is 235 g/mol. The standard InChI is InChI=1S/C12H11F2N3/c13-9-3-1-2-8(12(9)14)10-6-16-11-7-15-4-5-17(10)11/h1-3,6,15H,4-5,7H2. The minimum Gasteiger partial charge on any atom is -0.326 e. The van der Waals surface area contributed by atoms with Crippen LogP contribution in [0.15, 0.2) is 24.4 Å². The summed E-state index contributed by atoms with van der Waals surface area (Å²) in [6.45, 7) is 2.20. The van der Waals surface area contributed by atoms with Crippen LogP contribution in [-0.4, -0.2) is 16.1 Å². The Morgan fingerprint density at radius 3 is 3.06 bits per heavy atom. The average Bonchev–Trinajstić information content (AvgIpc) is 2.77. The van der Waals surface area contributed by atoms with Crippen LogP contribution in [0.2, 0.25) is 0 Å². The van der Waals surface area contributed by atoms with Gasteiger partial charge in [0.25, 0.3) is 0 Å². The van der Waals surface area contributed by atoms with E-state index in [1.807, 2.05) is 4.57 Å². The summed E-state index contributed by atoms with van der Waals surface area (Å²) in [5.41, 5.74) is 0.907. The van der Waals surface area contributed by atoms with Gasteiger partial charge in [0.05, 0.1) is 18.4 Å². The van der Waals surface area contributed by atoms with E-state index in [2.05, 4.69) is 10.3 Å². The van der Waals surface area contributed by atoms with Crippen LogP contribution in [-0.2, 0) is 13.1 Å². The summed E-state index contributed by atoms with van der Waals surface area (Å²) in [6.07, 6.45) is 1.60. The van der Waals surface area contributed by atoms with Crippen LogP contribution in [0, 0.1) is 11.6 Å². The second-order valence-corrected chi connectivity index (χ2v) is 3.99. The fourth-order valence-corrected chi connectivity index (χ4v) is 2.11. The molecule has 88 valence electrons. The molecule has 1 aliphatic heterocycles. The van der Waals surface area contributed by atoms with Crippen LogP contribution in [0.1, 0.15) is 5.82 Å². The molecule has 5 heteroatoms. The highest BCUT2D eigenvalue weighted by Crippen LogP contribution is 2.26.